The number of aromatic nitrogens is 4. The second-order valence-corrected chi connectivity index (χ2v) is 5.26. The van der Waals surface area contributed by atoms with Crippen LogP contribution in [0.3, 0.4) is 0 Å². The van der Waals surface area contributed by atoms with Crippen LogP contribution in [-0.4, -0.2) is 57.5 Å². The van der Waals surface area contributed by atoms with E-state index < -0.39 is 0 Å². The minimum Gasteiger partial charge on any atom is -0.375 e. The SMILES string of the molecule is COCC(=O)N1CC[C@@H](c2ccnc(Nc3ncccn3)n2)C1. The first kappa shape index (κ1) is 15.3. The van der Waals surface area contributed by atoms with E-state index in [0.717, 1.165) is 18.7 Å². The first-order valence-electron chi connectivity index (χ1n) is 7.40. The molecule has 0 bridgehead atoms. The Bertz CT molecular complexity index is 666. The summed E-state index contributed by atoms with van der Waals surface area (Å²) in [6.45, 7) is 1.50. The Morgan fingerprint density at radius 1 is 1.30 bits per heavy atom. The standard InChI is InChI=1S/C15H18N6O2/c1-23-10-13(22)21-8-4-11(9-21)12-3-7-18-15(19-12)20-14-16-5-2-6-17-14/h2-3,5-7,11H,4,8-10H2,1H3,(H,16,17,18,19,20)/t11-/m1/s1. The van der Waals surface area contributed by atoms with E-state index in [1.165, 1.54) is 7.11 Å². The highest BCUT2D eigenvalue weighted by atomic mass is 16.5. The molecule has 1 aliphatic heterocycles. The molecular formula is C15H18N6O2. The van der Waals surface area contributed by atoms with Gasteiger partial charge < -0.3 is 9.64 Å². The number of carbonyl (C=O) groups is 1. The van der Waals surface area contributed by atoms with Crippen molar-refractivity contribution in [3.05, 3.63) is 36.4 Å². The normalized spacial score (nSPS) is 17.3. The molecule has 0 aromatic carbocycles. The van der Waals surface area contributed by atoms with E-state index in [1.807, 2.05) is 11.0 Å². The number of rotatable bonds is 5. The minimum atomic E-state index is 0.0140. The van der Waals surface area contributed by atoms with Crippen molar-refractivity contribution in [2.24, 2.45) is 0 Å². The summed E-state index contributed by atoms with van der Waals surface area (Å²) < 4.78 is 4.90. The van der Waals surface area contributed by atoms with Gasteiger partial charge in [0, 0.05) is 44.7 Å². The maximum Gasteiger partial charge on any atom is 0.248 e. The van der Waals surface area contributed by atoms with Gasteiger partial charge in [-0.2, -0.15) is 0 Å². The van der Waals surface area contributed by atoms with Gasteiger partial charge in [0.05, 0.1) is 5.69 Å². The van der Waals surface area contributed by atoms with Crippen LogP contribution in [0.25, 0.3) is 0 Å². The molecule has 1 amide bonds. The van der Waals surface area contributed by atoms with Crippen molar-refractivity contribution < 1.29 is 9.53 Å². The molecule has 0 unspecified atom stereocenters. The lowest BCUT2D eigenvalue weighted by atomic mass is 10.1. The van der Waals surface area contributed by atoms with Crippen LogP contribution in [0.1, 0.15) is 18.0 Å². The van der Waals surface area contributed by atoms with Gasteiger partial charge in [-0.25, -0.2) is 19.9 Å². The van der Waals surface area contributed by atoms with E-state index in [-0.39, 0.29) is 18.4 Å². The molecule has 3 rings (SSSR count). The molecular weight excluding hydrogens is 296 g/mol. The molecule has 1 N–H and O–H groups in total. The number of nitrogens with zero attached hydrogens (tertiary/aromatic N) is 5. The highest BCUT2D eigenvalue weighted by Gasteiger charge is 2.28. The van der Waals surface area contributed by atoms with Gasteiger partial charge in [0.1, 0.15) is 6.61 Å². The van der Waals surface area contributed by atoms with Crippen molar-refractivity contribution in [1.82, 2.24) is 24.8 Å². The molecule has 8 heteroatoms. The Kier molecular flexibility index (Phi) is 4.72. The molecule has 1 fully saturated rings. The molecule has 8 nitrogen and oxygen atoms in total. The molecule has 0 saturated carbocycles. The van der Waals surface area contributed by atoms with E-state index in [4.69, 9.17) is 4.74 Å². The minimum absolute atomic E-state index is 0.0140. The number of likely N-dealkylation sites (tertiary alicyclic amines) is 1. The average Bonchev–Trinajstić information content (AvgIpc) is 3.06. The zero-order chi connectivity index (χ0) is 16.1. The van der Waals surface area contributed by atoms with Gasteiger partial charge in [-0.05, 0) is 18.6 Å². The van der Waals surface area contributed by atoms with Gasteiger partial charge in [0.2, 0.25) is 17.8 Å². The fourth-order valence-corrected chi connectivity index (χ4v) is 2.57. The number of hydrogen-bond acceptors (Lipinski definition) is 7. The molecule has 23 heavy (non-hydrogen) atoms. The summed E-state index contributed by atoms with van der Waals surface area (Å²) in [4.78, 5) is 30.6. The molecule has 0 radical (unpaired) electrons. The van der Waals surface area contributed by atoms with Crippen molar-refractivity contribution in [2.45, 2.75) is 12.3 Å². The van der Waals surface area contributed by atoms with Crippen LogP contribution in [0.15, 0.2) is 30.7 Å². The van der Waals surface area contributed by atoms with E-state index in [9.17, 15) is 4.79 Å². The zero-order valence-corrected chi connectivity index (χ0v) is 12.8. The smallest absolute Gasteiger partial charge is 0.248 e. The lowest BCUT2D eigenvalue weighted by molar-refractivity contribution is -0.134. The Labute approximate surface area is 134 Å². The summed E-state index contributed by atoms with van der Waals surface area (Å²) in [5, 5.41) is 2.98. The summed E-state index contributed by atoms with van der Waals surface area (Å²) in [6, 6.07) is 3.62. The van der Waals surface area contributed by atoms with Crippen molar-refractivity contribution in [2.75, 3.05) is 32.1 Å². The fourth-order valence-electron chi connectivity index (χ4n) is 2.57. The van der Waals surface area contributed by atoms with Crippen LogP contribution in [-0.2, 0) is 9.53 Å². The van der Waals surface area contributed by atoms with Gasteiger partial charge in [-0.15, -0.1) is 0 Å². The summed E-state index contributed by atoms with van der Waals surface area (Å²) >= 11 is 0. The maximum atomic E-state index is 11.9. The molecule has 0 aliphatic carbocycles. The number of nitrogens with one attached hydrogen (secondary N) is 1. The first-order chi connectivity index (χ1) is 11.3. The molecule has 1 atom stereocenters. The number of methoxy groups -OCH3 is 1. The molecule has 2 aromatic heterocycles. The lowest BCUT2D eigenvalue weighted by Gasteiger charge is -2.16. The average molecular weight is 314 g/mol. The zero-order valence-electron chi connectivity index (χ0n) is 12.8. The number of hydrogen-bond donors (Lipinski definition) is 1. The van der Waals surface area contributed by atoms with Gasteiger partial charge >= 0.3 is 0 Å². The summed E-state index contributed by atoms with van der Waals surface area (Å²) in [5.41, 5.74) is 0.908. The van der Waals surface area contributed by atoms with Gasteiger partial charge in [0.25, 0.3) is 0 Å². The van der Waals surface area contributed by atoms with Crippen molar-refractivity contribution >= 4 is 17.8 Å². The first-order valence-corrected chi connectivity index (χ1v) is 7.40. The predicted octanol–water partition coefficient (Wildman–Crippen LogP) is 0.973. The van der Waals surface area contributed by atoms with Crippen molar-refractivity contribution in [3.8, 4) is 0 Å². The quantitative estimate of drug-likeness (QED) is 0.879. The molecule has 1 aliphatic rings. The highest BCUT2D eigenvalue weighted by Crippen LogP contribution is 2.26. The molecule has 3 heterocycles. The third kappa shape index (κ3) is 3.78. The monoisotopic (exact) mass is 314 g/mol. The van der Waals surface area contributed by atoms with Crippen molar-refractivity contribution in [3.63, 3.8) is 0 Å². The van der Waals surface area contributed by atoms with Gasteiger partial charge in [-0.3, -0.25) is 10.1 Å². The Morgan fingerprint density at radius 3 is 2.87 bits per heavy atom. The van der Waals surface area contributed by atoms with Crippen LogP contribution in [0.2, 0.25) is 0 Å². The molecule has 120 valence electrons. The topological polar surface area (TPSA) is 93.1 Å². The summed E-state index contributed by atoms with van der Waals surface area (Å²) in [5.74, 6) is 1.12. The summed E-state index contributed by atoms with van der Waals surface area (Å²) in [7, 11) is 1.53. The van der Waals surface area contributed by atoms with Crippen LogP contribution < -0.4 is 5.32 Å². The number of carbonyl (C=O) groups excluding carboxylic acids is 1. The number of anilines is 2. The molecule has 2 aromatic rings. The second kappa shape index (κ2) is 7.10. The van der Waals surface area contributed by atoms with Crippen LogP contribution >= 0.6 is 0 Å². The summed E-state index contributed by atoms with van der Waals surface area (Å²) in [6.07, 6.45) is 5.88. The van der Waals surface area contributed by atoms with Crippen LogP contribution in [0, 0.1) is 0 Å². The van der Waals surface area contributed by atoms with E-state index >= 15 is 0 Å². The largest absolute Gasteiger partial charge is 0.375 e. The fraction of sp³-hybridized carbons (Fsp3) is 0.400. The van der Waals surface area contributed by atoms with Crippen molar-refractivity contribution in [1.29, 1.82) is 0 Å². The maximum absolute atomic E-state index is 11.9. The Balaban J connectivity index is 1.67. The number of ether oxygens (including phenoxy) is 1. The molecule has 1 saturated heterocycles. The predicted molar refractivity (Wildman–Crippen MR) is 83.2 cm³/mol. The van der Waals surface area contributed by atoms with Gasteiger partial charge in [0.15, 0.2) is 0 Å². The second-order valence-electron chi connectivity index (χ2n) is 5.26. The lowest BCUT2D eigenvalue weighted by Crippen LogP contribution is -2.31. The van der Waals surface area contributed by atoms with Crippen LogP contribution in [0.4, 0.5) is 11.9 Å². The van der Waals surface area contributed by atoms with E-state index in [1.54, 1.807) is 24.7 Å². The Morgan fingerprint density at radius 2 is 2.09 bits per heavy atom. The molecule has 0 spiro atoms. The van der Waals surface area contributed by atoms with E-state index in [0.29, 0.717) is 18.4 Å². The third-order valence-electron chi connectivity index (χ3n) is 3.69. The van der Waals surface area contributed by atoms with E-state index in [2.05, 4.69) is 25.3 Å². The number of amides is 1. The third-order valence-corrected chi connectivity index (χ3v) is 3.69. The van der Waals surface area contributed by atoms with Crippen LogP contribution in [0.5, 0.6) is 0 Å². The van der Waals surface area contributed by atoms with Gasteiger partial charge in [-0.1, -0.05) is 0 Å². The Hall–Kier alpha value is -2.61. The highest BCUT2D eigenvalue weighted by molar-refractivity contribution is 5.77.